The summed E-state index contributed by atoms with van der Waals surface area (Å²) in [6, 6.07) is 5.02. The number of carbonyl (C=O) groups excluding carboxylic acids is 2. The Morgan fingerprint density at radius 1 is 1.33 bits per heavy atom. The SMILES string of the molecule is COCc1c(C(=O)Nc2cnn(CC(=O)NC3CCCC3)c2)sc2cccc(F)c12. The zero-order chi connectivity index (χ0) is 21.1. The van der Waals surface area contributed by atoms with Crippen LogP contribution in [0, 0.1) is 5.82 Å². The number of fused-ring (bicyclic) bond motifs is 1. The van der Waals surface area contributed by atoms with Crippen molar-refractivity contribution in [3.63, 3.8) is 0 Å². The highest BCUT2D eigenvalue weighted by molar-refractivity contribution is 7.21. The first kappa shape index (κ1) is 20.5. The first-order valence-electron chi connectivity index (χ1n) is 9.87. The first-order valence-corrected chi connectivity index (χ1v) is 10.7. The second-order valence-corrected chi connectivity index (χ2v) is 8.44. The Morgan fingerprint density at radius 3 is 2.90 bits per heavy atom. The van der Waals surface area contributed by atoms with Crippen LogP contribution in [0.5, 0.6) is 0 Å². The number of amides is 2. The molecular weight excluding hydrogens is 407 g/mol. The second-order valence-electron chi connectivity index (χ2n) is 7.39. The molecule has 3 aromatic rings. The molecule has 30 heavy (non-hydrogen) atoms. The highest BCUT2D eigenvalue weighted by atomic mass is 32.1. The molecule has 9 heteroatoms. The summed E-state index contributed by atoms with van der Waals surface area (Å²) in [5.74, 6) is -0.834. The van der Waals surface area contributed by atoms with Crippen molar-refractivity contribution in [2.45, 2.75) is 44.9 Å². The predicted octanol–water partition coefficient (Wildman–Crippen LogP) is 3.69. The summed E-state index contributed by atoms with van der Waals surface area (Å²) in [7, 11) is 1.51. The third-order valence-electron chi connectivity index (χ3n) is 5.18. The van der Waals surface area contributed by atoms with E-state index >= 15 is 0 Å². The molecule has 0 spiro atoms. The number of ether oxygens (including phenoxy) is 1. The molecule has 1 aromatic carbocycles. The van der Waals surface area contributed by atoms with Crippen LogP contribution < -0.4 is 10.6 Å². The normalized spacial score (nSPS) is 14.3. The van der Waals surface area contributed by atoms with Gasteiger partial charge in [0.1, 0.15) is 12.4 Å². The molecule has 7 nitrogen and oxygen atoms in total. The van der Waals surface area contributed by atoms with Crippen molar-refractivity contribution in [1.82, 2.24) is 15.1 Å². The van der Waals surface area contributed by atoms with E-state index in [2.05, 4.69) is 15.7 Å². The average molecular weight is 431 g/mol. The van der Waals surface area contributed by atoms with Crippen LogP contribution in [0.3, 0.4) is 0 Å². The van der Waals surface area contributed by atoms with Crippen LogP contribution in [-0.2, 0) is 22.7 Å². The molecule has 2 amide bonds. The largest absolute Gasteiger partial charge is 0.380 e. The summed E-state index contributed by atoms with van der Waals surface area (Å²) < 4.78 is 21.7. The molecule has 0 aliphatic heterocycles. The van der Waals surface area contributed by atoms with E-state index in [1.165, 1.54) is 35.4 Å². The molecular formula is C21H23FN4O3S. The van der Waals surface area contributed by atoms with Crippen molar-refractivity contribution in [1.29, 1.82) is 0 Å². The van der Waals surface area contributed by atoms with Crippen LogP contribution in [0.2, 0.25) is 0 Å². The summed E-state index contributed by atoms with van der Waals surface area (Å²) in [4.78, 5) is 25.4. The van der Waals surface area contributed by atoms with E-state index in [-0.39, 0.29) is 36.8 Å². The van der Waals surface area contributed by atoms with Gasteiger partial charge < -0.3 is 15.4 Å². The Labute approximate surface area is 177 Å². The number of methoxy groups -OCH3 is 1. The van der Waals surface area contributed by atoms with E-state index in [1.54, 1.807) is 18.3 Å². The van der Waals surface area contributed by atoms with E-state index in [1.807, 2.05) is 0 Å². The molecule has 1 aliphatic rings. The molecule has 1 fully saturated rings. The van der Waals surface area contributed by atoms with Gasteiger partial charge in [-0.3, -0.25) is 14.3 Å². The van der Waals surface area contributed by atoms with Crippen molar-refractivity contribution in [2.75, 3.05) is 12.4 Å². The van der Waals surface area contributed by atoms with Gasteiger partial charge in [0.2, 0.25) is 5.91 Å². The van der Waals surface area contributed by atoms with Gasteiger partial charge in [0, 0.05) is 35.0 Å². The first-order chi connectivity index (χ1) is 14.5. The lowest BCUT2D eigenvalue weighted by Gasteiger charge is -2.11. The Kier molecular flexibility index (Phi) is 6.10. The summed E-state index contributed by atoms with van der Waals surface area (Å²) in [5.41, 5.74) is 0.992. The number of halogens is 1. The van der Waals surface area contributed by atoms with E-state index in [0.29, 0.717) is 26.2 Å². The molecule has 1 aliphatic carbocycles. The highest BCUT2D eigenvalue weighted by Gasteiger charge is 2.21. The third kappa shape index (κ3) is 4.36. The minimum atomic E-state index is -0.379. The van der Waals surface area contributed by atoms with Crippen LogP contribution in [0.4, 0.5) is 10.1 Å². The quantitative estimate of drug-likeness (QED) is 0.599. The fourth-order valence-electron chi connectivity index (χ4n) is 3.83. The van der Waals surface area contributed by atoms with E-state index in [0.717, 1.165) is 25.7 Å². The molecule has 0 bridgehead atoms. The number of hydrogen-bond donors (Lipinski definition) is 2. The Balaban J connectivity index is 1.46. The maximum Gasteiger partial charge on any atom is 0.266 e. The number of rotatable bonds is 7. The fourth-order valence-corrected chi connectivity index (χ4v) is 4.94. The van der Waals surface area contributed by atoms with Crippen molar-refractivity contribution >= 4 is 38.9 Å². The van der Waals surface area contributed by atoms with Gasteiger partial charge in [-0.1, -0.05) is 18.9 Å². The Morgan fingerprint density at radius 2 is 2.13 bits per heavy atom. The van der Waals surface area contributed by atoms with Gasteiger partial charge in [-0.15, -0.1) is 11.3 Å². The zero-order valence-electron chi connectivity index (χ0n) is 16.6. The van der Waals surface area contributed by atoms with Crippen molar-refractivity contribution < 1.29 is 18.7 Å². The van der Waals surface area contributed by atoms with Gasteiger partial charge >= 0.3 is 0 Å². The monoisotopic (exact) mass is 430 g/mol. The second kappa shape index (κ2) is 8.93. The van der Waals surface area contributed by atoms with E-state index in [4.69, 9.17) is 4.74 Å². The number of nitrogens with zero attached hydrogens (tertiary/aromatic N) is 2. The number of nitrogens with one attached hydrogen (secondary N) is 2. The summed E-state index contributed by atoms with van der Waals surface area (Å²) in [5, 5.41) is 10.4. The molecule has 158 valence electrons. The maximum atomic E-state index is 14.3. The molecule has 0 atom stereocenters. The molecule has 1 saturated carbocycles. The molecule has 2 aromatic heterocycles. The predicted molar refractivity (Wildman–Crippen MR) is 113 cm³/mol. The van der Waals surface area contributed by atoms with E-state index < -0.39 is 0 Å². The number of carbonyl (C=O) groups is 2. The lowest BCUT2D eigenvalue weighted by molar-refractivity contribution is -0.122. The molecule has 0 radical (unpaired) electrons. The van der Waals surface area contributed by atoms with E-state index in [9.17, 15) is 14.0 Å². The van der Waals surface area contributed by atoms with Gasteiger partial charge in [-0.25, -0.2) is 4.39 Å². The number of thiophene rings is 1. The summed E-state index contributed by atoms with van der Waals surface area (Å²) in [6.45, 7) is 0.222. The standard InChI is InChI=1S/C21H23FN4O3S/c1-29-12-15-19-16(22)7-4-8-17(19)30-20(15)21(28)25-14-9-23-26(10-14)11-18(27)24-13-5-2-3-6-13/h4,7-10,13H,2-3,5-6,11-12H2,1H3,(H,24,27)(H,25,28). The fraction of sp³-hybridized carbons (Fsp3) is 0.381. The zero-order valence-corrected chi connectivity index (χ0v) is 17.4. The van der Waals surface area contributed by atoms with Gasteiger partial charge in [-0.05, 0) is 25.0 Å². The Hall–Kier alpha value is -2.78. The number of hydrogen-bond acceptors (Lipinski definition) is 5. The van der Waals surface area contributed by atoms with Crippen LogP contribution >= 0.6 is 11.3 Å². The average Bonchev–Trinajstić information content (AvgIpc) is 3.44. The minimum absolute atomic E-state index is 0.0924. The van der Waals surface area contributed by atoms with Crippen molar-refractivity contribution in [3.05, 3.63) is 46.9 Å². The van der Waals surface area contributed by atoms with Crippen LogP contribution in [0.1, 0.15) is 40.9 Å². The molecule has 4 rings (SSSR count). The highest BCUT2D eigenvalue weighted by Crippen LogP contribution is 2.34. The van der Waals surface area contributed by atoms with Crippen molar-refractivity contribution in [2.24, 2.45) is 0 Å². The molecule has 2 heterocycles. The smallest absolute Gasteiger partial charge is 0.266 e. The molecule has 0 unspecified atom stereocenters. The number of aromatic nitrogens is 2. The summed E-state index contributed by atoms with van der Waals surface area (Å²) >= 11 is 1.22. The molecule has 0 saturated heterocycles. The third-order valence-corrected chi connectivity index (χ3v) is 6.37. The molecule has 2 N–H and O–H groups in total. The van der Waals surface area contributed by atoms with Gasteiger partial charge in [-0.2, -0.15) is 5.10 Å². The van der Waals surface area contributed by atoms with Gasteiger partial charge in [0.25, 0.3) is 5.91 Å². The summed E-state index contributed by atoms with van der Waals surface area (Å²) in [6.07, 6.45) is 7.43. The maximum absolute atomic E-state index is 14.3. The number of anilines is 1. The lowest BCUT2D eigenvalue weighted by Crippen LogP contribution is -2.35. The van der Waals surface area contributed by atoms with Crippen LogP contribution in [0.15, 0.2) is 30.6 Å². The van der Waals surface area contributed by atoms with Crippen molar-refractivity contribution in [3.8, 4) is 0 Å². The van der Waals surface area contributed by atoms with Crippen LogP contribution in [-0.4, -0.2) is 34.7 Å². The van der Waals surface area contributed by atoms with Gasteiger partial charge in [0.15, 0.2) is 0 Å². The minimum Gasteiger partial charge on any atom is -0.380 e. The topological polar surface area (TPSA) is 85.2 Å². The number of benzene rings is 1. The Bertz CT molecular complexity index is 1070. The van der Waals surface area contributed by atoms with Crippen LogP contribution in [0.25, 0.3) is 10.1 Å². The van der Waals surface area contributed by atoms with Gasteiger partial charge in [0.05, 0.1) is 23.4 Å². The lowest BCUT2D eigenvalue weighted by atomic mass is 10.1.